The Labute approximate surface area is 76.1 Å². The zero-order valence-corrected chi connectivity index (χ0v) is 9.15. The first-order valence-electron chi connectivity index (χ1n) is 4.82. The average molecular weight is 170 g/mol. The Kier molecular flexibility index (Phi) is 2.26. The Balaban J connectivity index is 2.80. The third kappa shape index (κ3) is 1.50. The molecular weight excluding hydrogens is 148 g/mol. The van der Waals surface area contributed by atoms with E-state index in [2.05, 4.69) is 52.2 Å². The first-order valence-corrected chi connectivity index (χ1v) is 4.82. The first kappa shape index (κ1) is 10.0. The van der Waals surface area contributed by atoms with Gasteiger partial charge in [-0.2, -0.15) is 0 Å². The van der Waals surface area contributed by atoms with Gasteiger partial charge in [-0.1, -0.05) is 0 Å². The molecule has 0 aromatic rings. The van der Waals surface area contributed by atoms with Gasteiger partial charge in [-0.05, 0) is 41.5 Å². The van der Waals surface area contributed by atoms with Gasteiger partial charge in [0, 0.05) is 23.2 Å². The van der Waals surface area contributed by atoms with Crippen molar-refractivity contribution in [1.29, 1.82) is 0 Å². The molecule has 1 heterocycles. The summed E-state index contributed by atoms with van der Waals surface area (Å²) in [6.07, 6.45) is 0. The van der Waals surface area contributed by atoms with Crippen molar-refractivity contribution in [3.05, 3.63) is 0 Å². The highest BCUT2D eigenvalue weighted by atomic mass is 15.2. The van der Waals surface area contributed by atoms with Crippen LogP contribution in [0.3, 0.4) is 0 Å². The van der Waals surface area contributed by atoms with Gasteiger partial charge in [-0.3, -0.25) is 0 Å². The van der Waals surface area contributed by atoms with Gasteiger partial charge in [0.05, 0.1) is 0 Å². The van der Waals surface area contributed by atoms with Crippen molar-refractivity contribution < 1.29 is 0 Å². The number of piperazine rings is 1. The highest BCUT2D eigenvalue weighted by Gasteiger charge is 2.43. The lowest BCUT2D eigenvalue weighted by Gasteiger charge is -2.52. The van der Waals surface area contributed by atoms with E-state index in [4.69, 9.17) is 0 Å². The highest BCUT2D eigenvalue weighted by Crippen LogP contribution is 2.26. The summed E-state index contributed by atoms with van der Waals surface area (Å²) in [5.74, 6) is 0. The minimum Gasteiger partial charge on any atom is -0.306 e. The summed E-state index contributed by atoms with van der Waals surface area (Å²) in [5.41, 5.74) is 0.331. The maximum Gasteiger partial charge on any atom is 0.0304 e. The van der Waals surface area contributed by atoms with Gasteiger partial charge in [0.2, 0.25) is 0 Å². The molecule has 72 valence electrons. The maximum atomic E-state index is 3.63. The molecule has 0 aliphatic carbocycles. The van der Waals surface area contributed by atoms with Crippen LogP contribution in [0.1, 0.15) is 41.5 Å². The van der Waals surface area contributed by atoms with Crippen LogP contribution in [0.25, 0.3) is 0 Å². The molecular formula is C10H22N2. The van der Waals surface area contributed by atoms with Gasteiger partial charge in [-0.15, -0.1) is 0 Å². The standard InChI is InChI=1S/C10H22N2/c1-7-8(2)12-10(5,6)9(3,4)11-7/h7-8,11-12H,1-6H3. The molecule has 2 atom stereocenters. The molecule has 1 aliphatic rings. The van der Waals surface area contributed by atoms with E-state index in [0.717, 1.165) is 0 Å². The molecule has 0 saturated carbocycles. The third-order valence-electron chi connectivity index (χ3n) is 3.49. The average Bonchev–Trinajstić information content (AvgIpc) is 1.82. The Hall–Kier alpha value is -0.0800. The monoisotopic (exact) mass is 170 g/mol. The van der Waals surface area contributed by atoms with Gasteiger partial charge in [0.1, 0.15) is 0 Å². The molecule has 1 aliphatic heterocycles. The van der Waals surface area contributed by atoms with Crippen LogP contribution in [0.2, 0.25) is 0 Å². The Morgan fingerprint density at radius 3 is 1.25 bits per heavy atom. The second kappa shape index (κ2) is 2.71. The summed E-state index contributed by atoms with van der Waals surface area (Å²) in [7, 11) is 0. The van der Waals surface area contributed by atoms with Crippen LogP contribution in [0.5, 0.6) is 0 Å². The summed E-state index contributed by atoms with van der Waals surface area (Å²) in [5, 5.41) is 7.27. The quantitative estimate of drug-likeness (QED) is 0.576. The summed E-state index contributed by atoms with van der Waals surface area (Å²) in [4.78, 5) is 0. The summed E-state index contributed by atoms with van der Waals surface area (Å²) in [6, 6.07) is 1.10. The smallest absolute Gasteiger partial charge is 0.0304 e. The zero-order valence-electron chi connectivity index (χ0n) is 9.15. The van der Waals surface area contributed by atoms with Crippen LogP contribution >= 0.6 is 0 Å². The van der Waals surface area contributed by atoms with Gasteiger partial charge < -0.3 is 10.6 Å². The van der Waals surface area contributed by atoms with Crippen molar-refractivity contribution in [2.75, 3.05) is 0 Å². The predicted molar refractivity (Wildman–Crippen MR) is 53.4 cm³/mol. The Morgan fingerprint density at radius 1 is 0.750 bits per heavy atom. The molecule has 1 rings (SSSR count). The van der Waals surface area contributed by atoms with E-state index in [1.54, 1.807) is 0 Å². The molecule has 0 aromatic heterocycles. The fourth-order valence-electron chi connectivity index (χ4n) is 1.75. The lowest BCUT2D eigenvalue weighted by Crippen LogP contribution is -2.74. The number of nitrogens with one attached hydrogen (secondary N) is 2. The minimum absolute atomic E-state index is 0.166. The van der Waals surface area contributed by atoms with Crippen LogP contribution in [-0.4, -0.2) is 23.2 Å². The van der Waals surface area contributed by atoms with Crippen molar-refractivity contribution in [2.45, 2.75) is 64.7 Å². The van der Waals surface area contributed by atoms with Crippen molar-refractivity contribution in [3.63, 3.8) is 0 Å². The van der Waals surface area contributed by atoms with E-state index in [0.29, 0.717) is 12.1 Å². The molecule has 2 unspecified atom stereocenters. The number of rotatable bonds is 0. The van der Waals surface area contributed by atoms with E-state index in [9.17, 15) is 0 Å². The van der Waals surface area contributed by atoms with Gasteiger partial charge in [-0.25, -0.2) is 0 Å². The highest BCUT2D eigenvalue weighted by molar-refractivity contribution is 5.07. The second-order valence-electron chi connectivity index (χ2n) is 5.12. The number of hydrogen-bond donors (Lipinski definition) is 2. The fourth-order valence-corrected chi connectivity index (χ4v) is 1.75. The van der Waals surface area contributed by atoms with Gasteiger partial charge in [0.15, 0.2) is 0 Å². The SMILES string of the molecule is CC1NC(C)(C)C(C)(C)NC1C. The molecule has 1 fully saturated rings. The van der Waals surface area contributed by atoms with E-state index in [1.807, 2.05) is 0 Å². The Bertz CT molecular complexity index is 153. The van der Waals surface area contributed by atoms with Crippen LogP contribution in [0.4, 0.5) is 0 Å². The molecule has 1 saturated heterocycles. The van der Waals surface area contributed by atoms with Crippen molar-refractivity contribution >= 4 is 0 Å². The van der Waals surface area contributed by atoms with Gasteiger partial charge >= 0.3 is 0 Å². The molecule has 2 nitrogen and oxygen atoms in total. The van der Waals surface area contributed by atoms with E-state index in [-0.39, 0.29) is 11.1 Å². The summed E-state index contributed by atoms with van der Waals surface area (Å²) < 4.78 is 0. The molecule has 0 spiro atoms. The molecule has 0 aromatic carbocycles. The molecule has 12 heavy (non-hydrogen) atoms. The summed E-state index contributed by atoms with van der Waals surface area (Å²) in [6.45, 7) is 13.5. The van der Waals surface area contributed by atoms with Crippen LogP contribution in [-0.2, 0) is 0 Å². The first-order chi connectivity index (χ1) is 5.26. The van der Waals surface area contributed by atoms with Gasteiger partial charge in [0.25, 0.3) is 0 Å². The summed E-state index contributed by atoms with van der Waals surface area (Å²) >= 11 is 0. The third-order valence-corrected chi connectivity index (χ3v) is 3.49. The molecule has 0 amide bonds. The normalized spacial score (nSPS) is 39.5. The second-order valence-corrected chi connectivity index (χ2v) is 5.12. The number of hydrogen-bond acceptors (Lipinski definition) is 2. The fraction of sp³-hybridized carbons (Fsp3) is 1.00. The van der Waals surface area contributed by atoms with E-state index >= 15 is 0 Å². The van der Waals surface area contributed by atoms with E-state index < -0.39 is 0 Å². The molecule has 2 heteroatoms. The van der Waals surface area contributed by atoms with Crippen LogP contribution in [0.15, 0.2) is 0 Å². The van der Waals surface area contributed by atoms with Crippen molar-refractivity contribution in [3.8, 4) is 0 Å². The van der Waals surface area contributed by atoms with E-state index in [1.165, 1.54) is 0 Å². The van der Waals surface area contributed by atoms with Crippen LogP contribution in [0, 0.1) is 0 Å². The lowest BCUT2D eigenvalue weighted by atomic mass is 9.78. The van der Waals surface area contributed by atoms with Crippen molar-refractivity contribution in [2.24, 2.45) is 0 Å². The van der Waals surface area contributed by atoms with Crippen molar-refractivity contribution in [1.82, 2.24) is 10.6 Å². The molecule has 2 N–H and O–H groups in total. The molecule has 0 bridgehead atoms. The predicted octanol–water partition coefficient (Wildman–Crippen LogP) is 1.51. The van der Waals surface area contributed by atoms with Crippen LogP contribution < -0.4 is 10.6 Å². The maximum absolute atomic E-state index is 3.63. The zero-order chi connectivity index (χ0) is 9.57. The lowest BCUT2D eigenvalue weighted by molar-refractivity contribution is 0.101. The topological polar surface area (TPSA) is 24.1 Å². The minimum atomic E-state index is 0.166. The largest absolute Gasteiger partial charge is 0.306 e. The Morgan fingerprint density at radius 2 is 1.00 bits per heavy atom. The molecule has 0 radical (unpaired) electrons.